The summed E-state index contributed by atoms with van der Waals surface area (Å²) in [6, 6.07) is 9.16. The van der Waals surface area contributed by atoms with E-state index in [1.807, 2.05) is 0 Å². The van der Waals surface area contributed by atoms with Crippen LogP contribution in [-0.4, -0.2) is 0 Å². The molecular formula is C15H14. The number of allylic oxidation sites excluding steroid dienone is 1. The third kappa shape index (κ3) is 1.29. The lowest BCUT2D eigenvalue weighted by atomic mass is 9.90. The summed E-state index contributed by atoms with van der Waals surface area (Å²) in [7, 11) is 0. The highest BCUT2D eigenvalue weighted by atomic mass is 14.1. The van der Waals surface area contributed by atoms with Crippen LogP contribution in [0.15, 0.2) is 30.3 Å². The lowest BCUT2D eigenvalue weighted by molar-refractivity contribution is 1.27. The van der Waals surface area contributed by atoms with Gasteiger partial charge >= 0.3 is 0 Å². The van der Waals surface area contributed by atoms with E-state index in [0.717, 1.165) is 6.42 Å². The summed E-state index contributed by atoms with van der Waals surface area (Å²) in [4.78, 5) is 0. The smallest absolute Gasteiger partial charge is 0.00759 e. The van der Waals surface area contributed by atoms with Gasteiger partial charge in [-0.25, -0.2) is 0 Å². The second-order valence-corrected chi connectivity index (χ2v) is 4.48. The van der Waals surface area contributed by atoms with E-state index in [4.69, 9.17) is 0 Å². The fraction of sp³-hybridized carbons (Fsp3) is 0.200. The highest BCUT2D eigenvalue weighted by Crippen LogP contribution is 2.30. The predicted octanol–water partition coefficient (Wildman–Crippen LogP) is 4.03. The summed E-state index contributed by atoms with van der Waals surface area (Å²) in [6.45, 7) is 4.34. The van der Waals surface area contributed by atoms with Crippen LogP contribution in [0.1, 0.15) is 22.3 Å². The zero-order valence-corrected chi connectivity index (χ0v) is 9.17. The molecular weight excluding hydrogens is 180 g/mol. The fourth-order valence-corrected chi connectivity index (χ4v) is 2.57. The van der Waals surface area contributed by atoms with E-state index >= 15 is 0 Å². The number of hydrogen-bond acceptors (Lipinski definition) is 0. The third-order valence-corrected chi connectivity index (χ3v) is 3.09. The summed E-state index contributed by atoms with van der Waals surface area (Å²) < 4.78 is 0. The maximum absolute atomic E-state index is 2.31. The molecule has 0 saturated carbocycles. The van der Waals surface area contributed by atoms with Crippen molar-refractivity contribution in [3.05, 3.63) is 52.6 Å². The van der Waals surface area contributed by atoms with Gasteiger partial charge in [0, 0.05) is 0 Å². The monoisotopic (exact) mass is 194 g/mol. The second-order valence-electron chi connectivity index (χ2n) is 4.48. The molecule has 0 bridgehead atoms. The average Bonchev–Trinajstić information content (AvgIpc) is 2.16. The first-order valence-electron chi connectivity index (χ1n) is 5.44. The van der Waals surface area contributed by atoms with Gasteiger partial charge in [0.15, 0.2) is 0 Å². The maximum Gasteiger partial charge on any atom is -0.00759 e. The van der Waals surface area contributed by atoms with Gasteiger partial charge in [0.25, 0.3) is 0 Å². The van der Waals surface area contributed by atoms with Gasteiger partial charge in [0.05, 0.1) is 0 Å². The highest BCUT2D eigenvalue weighted by molar-refractivity contribution is 5.96. The molecule has 0 spiro atoms. The molecule has 15 heavy (non-hydrogen) atoms. The summed E-state index contributed by atoms with van der Waals surface area (Å²) in [5.74, 6) is 0. The van der Waals surface area contributed by atoms with Crippen molar-refractivity contribution in [2.45, 2.75) is 20.3 Å². The molecule has 0 amide bonds. The molecule has 74 valence electrons. The topological polar surface area (TPSA) is 0 Å². The minimum absolute atomic E-state index is 1.08. The molecule has 0 fully saturated rings. The Bertz CT molecular complexity index is 569. The molecule has 2 aromatic carbocycles. The summed E-state index contributed by atoms with van der Waals surface area (Å²) >= 11 is 0. The van der Waals surface area contributed by atoms with Gasteiger partial charge in [-0.3, -0.25) is 0 Å². The SMILES string of the molecule is Cc1cc2c3c(cc(C)cc3c1)CC=C2. The molecule has 0 aromatic heterocycles. The van der Waals surface area contributed by atoms with Crippen molar-refractivity contribution in [1.29, 1.82) is 0 Å². The van der Waals surface area contributed by atoms with Crippen molar-refractivity contribution in [1.82, 2.24) is 0 Å². The van der Waals surface area contributed by atoms with Gasteiger partial charge in [-0.05, 0) is 47.7 Å². The summed E-state index contributed by atoms with van der Waals surface area (Å²) in [5.41, 5.74) is 5.57. The molecule has 1 aliphatic carbocycles. The maximum atomic E-state index is 2.31. The molecule has 1 aliphatic rings. The first kappa shape index (κ1) is 8.72. The Morgan fingerprint density at radius 3 is 2.47 bits per heavy atom. The lowest BCUT2D eigenvalue weighted by Gasteiger charge is -2.14. The van der Waals surface area contributed by atoms with Crippen LogP contribution in [0.4, 0.5) is 0 Å². The van der Waals surface area contributed by atoms with Gasteiger partial charge in [-0.15, -0.1) is 0 Å². The molecule has 0 N–H and O–H groups in total. The van der Waals surface area contributed by atoms with Crippen molar-refractivity contribution in [2.75, 3.05) is 0 Å². The normalized spacial score (nSPS) is 13.5. The van der Waals surface area contributed by atoms with Gasteiger partial charge in [0.1, 0.15) is 0 Å². The van der Waals surface area contributed by atoms with Crippen LogP contribution in [-0.2, 0) is 6.42 Å². The van der Waals surface area contributed by atoms with E-state index < -0.39 is 0 Å². The Morgan fingerprint density at radius 2 is 1.67 bits per heavy atom. The number of hydrogen-bond donors (Lipinski definition) is 0. The van der Waals surface area contributed by atoms with Crippen LogP contribution in [0.3, 0.4) is 0 Å². The van der Waals surface area contributed by atoms with E-state index in [1.165, 1.54) is 33.0 Å². The molecule has 0 heterocycles. The molecule has 3 rings (SSSR count). The largest absolute Gasteiger partial charge is 0.0795 e. The Labute approximate surface area is 90.2 Å². The van der Waals surface area contributed by atoms with Gasteiger partial charge in [-0.2, -0.15) is 0 Å². The number of benzene rings is 2. The molecule has 0 aliphatic heterocycles. The summed E-state index contributed by atoms with van der Waals surface area (Å²) in [5, 5.41) is 2.85. The quantitative estimate of drug-likeness (QED) is 0.594. The first-order chi connectivity index (χ1) is 7.24. The molecule has 2 aromatic rings. The number of aryl methyl sites for hydroxylation is 2. The van der Waals surface area contributed by atoms with Crippen LogP contribution in [0.5, 0.6) is 0 Å². The first-order valence-corrected chi connectivity index (χ1v) is 5.44. The average molecular weight is 194 g/mol. The standard InChI is InChI=1S/C15H14/c1-10-6-12-4-3-5-13-7-11(2)9-14(8-10)15(12)13/h3-4,6-9H,5H2,1-2H3. The minimum atomic E-state index is 1.08. The zero-order valence-electron chi connectivity index (χ0n) is 9.17. The lowest BCUT2D eigenvalue weighted by Crippen LogP contribution is -1.94. The minimum Gasteiger partial charge on any atom is -0.0795 e. The summed E-state index contributed by atoms with van der Waals surface area (Å²) in [6.07, 6.45) is 5.59. The van der Waals surface area contributed by atoms with E-state index in [1.54, 1.807) is 0 Å². The second kappa shape index (κ2) is 2.96. The Morgan fingerprint density at radius 1 is 0.933 bits per heavy atom. The van der Waals surface area contributed by atoms with E-state index in [0.29, 0.717) is 0 Å². The van der Waals surface area contributed by atoms with Crippen molar-refractivity contribution < 1.29 is 0 Å². The predicted molar refractivity (Wildman–Crippen MR) is 66.2 cm³/mol. The van der Waals surface area contributed by atoms with E-state index in [9.17, 15) is 0 Å². The van der Waals surface area contributed by atoms with E-state index in [2.05, 4.69) is 50.3 Å². The highest BCUT2D eigenvalue weighted by Gasteiger charge is 2.09. The van der Waals surface area contributed by atoms with Crippen LogP contribution in [0.25, 0.3) is 16.8 Å². The van der Waals surface area contributed by atoms with Gasteiger partial charge in [0.2, 0.25) is 0 Å². The molecule has 0 radical (unpaired) electrons. The fourth-order valence-electron chi connectivity index (χ4n) is 2.57. The van der Waals surface area contributed by atoms with Crippen LogP contribution >= 0.6 is 0 Å². The Kier molecular flexibility index (Phi) is 1.72. The number of rotatable bonds is 0. The molecule has 0 unspecified atom stereocenters. The zero-order chi connectivity index (χ0) is 10.4. The molecule has 0 heteroatoms. The molecule has 0 nitrogen and oxygen atoms in total. The van der Waals surface area contributed by atoms with Gasteiger partial charge in [-0.1, -0.05) is 42.0 Å². The van der Waals surface area contributed by atoms with E-state index in [-0.39, 0.29) is 0 Å². The van der Waals surface area contributed by atoms with Gasteiger partial charge < -0.3 is 0 Å². The van der Waals surface area contributed by atoms with Crippen molar-refractivity contribution in [3.63, 3.8) is 0 Å². The third-order valence-electron chi connectivity index (χ3n) is 3.09. The van der Waals surface area contributed by atoms with Crippen molar-refractivity contribution in [3.8, 4) is 0 Å². The van der Waals surface area contributed by atoms with Crippen LogP contribution in [0.2, 0.25) is 0 Å². The Balaban J connectivity index is 2.52. The van der Waals surface area contributed by atoms with Crippen molar-refractivity contribution >= 4 is 16.8 Å². The van der Waals surface area contributed by atoms with Crippen molar-refractivity contribution in [2.24, 2.45) is 0 Å². The molecule has 0 saturated heterocycles. The molecule has 0 atom stereocenters. The van der Waals surface area contributed by atoms with Crippen LogP contribution in [0, 0.1) is 13.8 Å². The Hall–Kier alpha value is -1.56. The van der Waals surface area contributed by atoms with Crippen LogP contribution < -0.4 is 0 Å².